The Labute approximate surface area is 119 Å². The number of benzene rings is 1. The van der Waals surface area contributed by atoms with Crippen LogP contribution in [-0.4, -0.2) is 12.0 Å². The third-order valence-electron chi connectivity index (χ3n) is 2.52. The third-order valence-corrected chi connectivity index (χ3v) is 3.02. The predicted octanol–water partition coefficient (Wildman–Crippen LogP) is 3.28. The molecule has 0 radical (unpaired) electrons. The van der Waals surface area contributed by atoms with E-state index >= 15 is 0 Å². The largest absolute Gasteiger partial charge is 0.473 e. The molecular weight excluding hydrogens is 311 g/mol. The van der Waals surface area contributed by atoms with Crippen molar-refractivity contribution in [2.24, 2.45) is 0 Å². The summed E-state index contributed by atoms with van der Waals surface area (Å²) < 4.78 is 19.8. The highest BCUT2D eigenvalue weighted by Crippen LogP contribution is 2.18. The average Bonchev–Trinajstić information content (AvgIpc) is 2.38. The van der Waals surface area contributed by atoms with Crippen LogP contribution >= 0.6 is 15.9 Å². The van der Waals surface area contributed by atoms with Gasteiger partial charge in [0.25, 0.3) is 0 Å². The number of nitrogens with zero attached hydrogens (tertiary/aromatic N) is 1. The van der Waals surface area contributed by atoms with E-state index in [0.717, 1.165) is 16.2 Å². The van der Waals surface area contributed by atoms with E-state index < -0.39 is 0 Å². The zero-order valence-electron chi connectivity index (χ0n) is 10.5. The molecule has 2 aromatic rings. The van der Waals surface area contributed by atoms with Crippen LogP contribution in [0.25, 0.3) is 0 Å². The molecule has 19 heavy (non-hydrogen) atoms. The summed E-state index contributed by atoms with van der Waals surface area (Å²) in [5, 5.41) is 2.96. The second-order valence-electron chi connectivity index (χ2n) is 4.07. The summed E-state index contributed by atoms with van der Waals surface area (Å²) in [7, 11) is 1.79. The number of halogens is 2. The van der Waals surface area contributed by atoms with Crippen LogP contribution in [0.15, 0.2) is 41.0 Å². The number of hydrogen-bond donors (Lipinski definition) is 1. The zero-order chi connectivity index (χ0) is 13.7. The zero-order valence-corrected chi connectivity index (χ0v) is 12.1. The molecule has 1 aromatic carbocycles. The molecule has 0 amide bonds. The number of rotatable bonds is 5. The Bertz CT molecular complexity index is 563. The number of nitrogens with one attached hydrogen (secondary N) is 1. The lowest BCUT2D eigenvalue weighted by Gasteiger charge is -2.10. The van der Waals surface area contributed by atoms with E-state index in [1.54, 1.807) is 7.05 Å². The van der Waals surface area contributed by atoms with Crippen LogP contribution in [0.5, 0.6) is 5.88 Å². The lowest BCUT2D eigenvalue weighted by atomic mass is 10.2. The highest BCUT2D eigenvalue weighted by molar-refractivity contribution is 9.10. The van der Waals surface area contributed by atoms with Gasteiger partial charge in [0.2, 0.25) is 5.88 Å². The molecule has 0 atom stereocenters. The summed E-state index contributed by atoms with van der Waals surface area (Å²) >= 11 is 3.41. The summed E-state index contributed by atoms with van der Waals surface area (Å²) in [6, 6.07) is 9.26. The lowest BCUT2D eigenvalue weighted by Crippen LogP contribution is -2.09. The van der Waals surface area contributed by atoms with Crippen LogP contribution in [0, 0.1) is 5.82 Å². The molecule has 0 unspecified atom stereocenters. The smallest absolute Gasteiger partial charge is 0.218 e. The van der Waals surface area contributed by atoms with Gasteiger partial charge in [0.15, 0.2) is 0 Å². The van der Waals surface area contributed by atoms with Crippen LogP contribution in [0.4, 0.5) is 4.39 Å². The van der Waals surface area contributed by atoms with Crippen molar-refractivity contribution in [3.05, 3.63) is 57.9 Å². The van der Waals surface area contributed by atoms with Gasteiger partial charge in [-0.25, -0.2) is 9.37 Å². The molecule has 1 aromatic heterocycles. The quantitative estimate of drug-likeness (QED) is 0.916. The van der Waals surface area contributed by atoms with Gasteiger partial charge in [-0.15, -0.1) is 0 Å². The molecule has 0 aliphatic heterocycles. The molecule has 100 valence electrons. The lowest BCUT2D eigenvalue weighted by molar-refractivity contribution is 0.288. The molecule has 2 rings (SSSR count). The van der Waals surface area contributed by atoms with Crippen molar-refractivity contribution in [3.8, 4) is 5.88 Å². The first-order chi connectivity index (χ1) is 9.19. The van der Waals surface area contributed by atoms with Crippen LogP contribution in [0.1, 0.15) is 11.1 Å². The Morgan fingerprint density at radius 1 is 1.37 bits per heavy atom. The maximum Gasteiger partial charge on any atom is 0.218 e. The predicted molar refractivity (Wildman–Crippen MR) is 75.4 cm³/mol. The van der Waals surface area contributed by atoms with Crippen LogP contribution in [-0.2, 0) is 13.2 Å². The molecule has 0 aliphatic rings. The van der Waals surface area contributed by atoms with E-state index in [1.165, 1.54) is 6.07 Å². The van der Waals surface area contributed by atoms with Crippen molar-refractivity contribution in [3.63, 3.8) is 0 Å². The molecule has 0 fully saturated rings. The SMILES string of the molecule is CNCc1cc(F)cnc1OCc1cccc(Br)c1. The normalized spacial score (nSPS) is 10.5. The Morgan fingerprint density at radius 2 is 2.21 bits per heavy atom. The van der Waals surface area contributed by atoms with Crippen molar-refractivity contribution in [2.75, 3.05) is 7.05 Å². The Balaban J connectivity index is 2.10. The van der Waals surface area contributed by atoms with Gasteiger partial charge >= 0.3 is 0 Å². The van der Waals surface area contributed by atoms with E-state index in [9.17, 15) is 4.39 Å². The fraction of sp³-hybridized carbons (Fsp3) is 0.214. The number of pyridine rings is 1. The number of aromatic nitrogens is 1. The van der Waals surface area contributed by atoms with Crippen LogP contribution in [0.3, 0.4) is 0 Å². The van der Waals surface area contributed by atoms with Crippen molar-refractivity contribution >= 4 is 15.9 Å². The fourth-order valence-corrected chi connectivity index (χ4v) is 2.14. The first kappa shape index (κ1) is 14.0. The molecule has 0 spiro atoms. The topological polar surface area (TPSA) is 34.2 Å². The van der Waals surface area contributed by atoms with E-state index in [2.05, 4.69) is 26.2 Å². The molecule has 0 saturated heterocycles. The van der Waals surface area contributed by atoms with Gasteiger partial charge in [-0.05, 0) is 30.8 Å². The fourth-order valence-electron chi connectivity index (χ4n) is 1.69. The van der Waals surface area contributed by atoms with Gasteiger partial charge in [-0.1, -0.05) is 28.1 Å². The molecule has 0 saturated carbocycles. The molecule has 0 aliphatic carbocycles. The second-order valence-corrected chi connectivity index (χ2v) is 4.98. The number of hydrogen-bond acceptors (Lipinski definition) is 3. The monoisotopic (exact) mass is 324 g/mol. The third kappa shape index (κ3) is 4.01. The summed E-state index contributed by atoms with van der Waals surface area (Å²) in [4.78, 5) is 3.99. The van der Waals surface area contributed by atoms with E-state index in [-0.39, 0.29) is 5.82 Å². The van der Waals surface area contributed by atoms with Crippen LogP contribution < -0.4 is 10.1 Å². The average molecular weight is 325 g/mol. The van der Waals surface area contributed by atoms with Gasteiger partial charge in [-0.2, -0.15) is 0 Å². The second kappa shape index (κ2) is 6.63. The molecule has 1 heterocycles. The van der Waals surface area contributed by atoms with Gasteiger partial charge in [0.1, 0.15) is 12.4 Å². The molecule has 0 bridgehead atoms. The first-order valence-electron chi connectivity index (χ1n) is 5.85. The molecule has 3 nitrogen and oxygen atoms in total. The summed E-state index contributed by atoms with van der Waals surface area (Å²) in [6.07, 6.45) is 1.16. The Morgan fingerprint density at radius 3 is 2.95 bits per heavy atom. The minimum Gasteiger partial charge on any atom is -0.473 e. The van der Waals surface area contributed by atoms with E-state index in [0.29, 0.717) is 24.6 Å². The minimum atomic E-state index is -0.361. The van der Waals surface area contributed by atoms with E-state index in [1.807, 2.05) is 24.3 Å². The molecular formula is C14H14BrFN2O. The number of ether oxygens (including phenoxy) is 1. The Hall–Kier alpha value is -1.46. The van der Waals surface area contributed by atoms with Crippen molar-refractivity contribution in [1.29, 1.82) is 0 Å². The highest BCUT2D eigenvalue weighted by Gasteiger charge is 2.07. The van der Waals surface area contributed by atoms with Crippen LogP contribution in [0.2, 0.25) is 0 Å². The summed E-state index contributed by atoms with van der Waals surface area (Å²) in [5.41, 5.74) is 1.73. The highest BCUT2D eigenvalue weighted by atomic mass is 79.9. The van der Waals surface area contributed by atoms with Gasteiger partial charge in [0, 0.05) is 16.6 Å². The van der Waals surface area contributed by atoms with Gasteiger partial charge in [0.05, 0.1) is 6.20 Å². The minimum absolute atomic E-state index is 0.361. The Kier molecular flexibility index (Phi) is 4.87. The van der Waals surface area contributed by atoms with Crippen molar-refractivity contribution in [1.82, 2.24) is 10.3 Å². The molecule has 1 N–H and O–H groups in total. The summed E-state index contributed by atoms with van der Waals surface area (Å²) in [6.45, 7) is 0.910. The standard InChI is InChI=1S/C14H14BrFN2O/c1-17-7-11-6-13(16)8-18-14(11)19-9-10-3-2-4-12(15)5-10/h2-6,8,17H,7,9H2,1H3. The van der Waals surface area contributed by atoms with E-state index in [4.69, 9.17) is 4.74 Å². The van der Waals surface area contributed by atoms with Crippen molar-refractivity contribution in [2.45, 2.75) is 13.2 Å². The van der Waals surface area contributed by atoms with Gasteiger partial charge < -0.3 is 10.1 Å². The maximum absolute atomic E-state index is 13.1. The van der Waals surface area contributed by atoms with Crippen molar-refractivity contribution < 1.29 is 9.13 Å². The summed E-state index contributed by atoms with van der Waals surface area (Å²) in [5.74, 6) is 0.0933. The molecule has 5 heteroatoms. The first-order valence-corrected chi connectivity index (χ1v) is 6.64. The van der Waals surface area contributed by atoms with Gasteiger partial charge in [-0.3, -0.25) is 0 Å². The maximum atomic E-state index is 13.1.